The Morgan fingerprint density at radius 2 is 3.25 bits per heavy atom. The highest BCUT2D eigenvalue weighted by molar-refractivity contribution is 4.10. The van der Waals surface area contributed by atoms with Gasteiger partial charge in [-0.1, -0.05) is 6.90 Å². The van der Waals surface area contributed by atoms with Crippen LogP contribution in [0, 0.1) is 0 Å². The molecule has 1 nitrogen and oxygen atoms in total. The Morgan fingerprint density at radius 1 is 2.50 bits per heavy atom. The molecule has 0 bridgehead atoms. The van der Waals surface area contributed by atoms with E-state index in [1.54, 1.807) is 0 Å². The van der Waals surface area contributed by atoms with E-state index in [-0.39, 0.29) is 0 Å². The fourth-order valence-electron chi connectivity index (χ4n) is 0. The molecule has 1 heteroatoms. The van der Waals surface area contributed by atoms with Gasteiger partial charge in [0.25, 0.3) is 0 Å². The first-order valence-electron chi connectivity index (χ1n) is 3.53. The molecule has 0 radical (unpaired) electrons. The van der Waals surface area contributed by atoms with Crippen molar-refractivity contribution in [2.75, 3.05) is 6.56 Å². The fourth-order valence-corrected chi connectivity index (χ4v) is 0. The molecule has 0 saturated heterocycles. The first kappa shape index (κ1) is 0.548. The Bertz CT molecular complexity index is 94.9. The molecular weight excluding hydrogens is 52.0 g/mol. The zero-order valence-corrected chi connectivity index (χ0v) is 2.15. The summed E-state index contributed by atoms with van der Waals surface area (Å²) in [4.78, 5) is 0. The number of hydrogen-bond donors (Lipinski definition) is 1. The van der Waals surface area contributed by atoms with Crippen LogP contribution in [0.3, 0.4) is 0 Å². The van der Waals surface area contributed by atoms with E-state index in [0.29, 0.717) is 0 Å². The molecular formula is C3H8O. The second-order valence-corrected chi connectivity index (χ2v) is 0.289. The van der Waals surface area contributed by atoms with Gasteiger partial charge in [-0.3, -0.25) is 0 Å². The summed E-state index contributed by atoms with van der Waals surface area (Å²) in [5.41, 5.74) is 0. The van der Waals surface area contributed by atoms with Crippen LogP contribution in [0.15, 0.2) is 0 Å². The maximum atomic E-state index is 8.38. The SMILES string of the molecule is [2H]CC([2H])([2H])C([2H])([2H])O. The second kappa shape index (κ2) is 2.96. The van der Waals surface area contributed by atoms with Gasteiger partial charge in [0.15, 0.2) is 0 Å². The molecule has 0 aromatic heterocycles. The molecule has 0 aromatic rings. The first-order chi connectivity index (χ1) is 3.81. The Hall–Kier alpha value is -0.0400. The normalized spacial score (nSPS) is 32.8. The monoisotopic (exact) mass is 65.1 g/mol. The van der Waals surface area contributed by atoms with E-state index in [1.807, 2.05) is 0 Å². The highest BCUT2D eigenvalue weighted by Crippen LogP contribution is 1.61. The summed E-state index contributed by atoms with van der Waals surface area (Å²) in [7, 11) is 0. The molecule has 4 heavy (non-hydrogen) atoms. The van der Waals surface area contributed by atoms with Crippen molar-refractivity contribution >= 4 is 0 Å². The Morgan fingerprint density at radius 3 is 3.25 bits per heavy atom. The Kier molecular flexibility index (Phi) is 0.405. The van der Waals surface area contributed by atoms with Crippen LogP contribution in [-0.2, 0) is 0 Å². The number of hydrogen-bond acceptors (Lipinski definition) is 1. The van der Waals surface area contributed by atoms with Gasteiger partial charge in [0, 0.05) is 10.7 Å². The molecule has 0 spiro atoms. The van der Waals surface area contributed by atoms with E-state index in [0.717, 1.165) is 0 Å². The van der Waals surface area contributed by atoms with Crippen molar-refractivity contribution in [3.8, 4) is 0 Å². The van der Waals surface area contributed by atoms with E-state index in [9.17, 15) is 0 Å². The highest BCUT2D eigenvalue weighted by Gasteiger charge is 1.57. The Balaban J connectivity index is 4.14. The predicted octanol–water partition coefficient (Wildman–Crippen LogP) is 0.389. The summed E-state index contributed by atoms with van der Waals surface area (Å²) < 4.78 is 32.8. The second-order valence-electron chi connectivity index (χ2n) is 0.289. The van der Waals surface area contributed by atoms with Crippen LogP contribution in [0.2, 0.25) is 0 Å². The smallest absolute Gasteiger partial charge is 0.0564 e. The van der Waals surface area contributed by atoms with Crippen LogP contribution < -0.4 is 0 Å². The molecule has 26 valence electrons. The van der Waals surface area contributed by atoms with Crippen LogP contribution in [0.1, 0.15) is 20.1 Å². The lowest BCUT2D eigenvalue weighted by Crippen LogP contribution is -1.69. The van der Waals surface area contributed by atoms with Crippen LogP contribution in [0.25, 0.3) is 0 Å². The molecule has 0 atom stereocenters. The van der Waals surface area contributed by atoms with Gasteiger partial charge in [-0.2, -0.15) is 0 Å². The molecule has 0 rings (SSSR count). The topological polar surface area (TPSA) is 20.2 Å². The van der Waals surface area contributed by atoms with Gasteiger partial charge in [0.1, 0.15) is 0 Å². The van der Waals surface area contributed by atoms with Gasteiger partial charge in [0.05, 0.1) is 2.74 Å². The molecule has 0 fully saturated rings. The van der Waals surface area contributed by atoms with Gasteiger partial charge in [-0.15, -0.1) is 0 Å². The van der Waals surface area contributed by atoms with E-state index in [4.69, 9.17) is 12.0 Å². The average molecular weight is 65.1 g/mol. The van der Waals surface area contributed by atoms with E-state index in [1.165, 1.54) is 0 Å². The number of rotatable bonds is 1. The average Bonchev–Trinajstić information content (AvgIpc) is 1.64. The third-order valence-corrected chi connectivity index (χ3v) is 0.0791. The van der Waals surface area contributed by atoms with Crippen molar-refractivity contribution in [3.05, 3.63) is 0 Å². The van der Waals surface area contributed by atoms with Crippen LogP contribution >= 0.6 is 0 Å². The zero-order chi connectivity index (χ0) is 7.71. The quantitative estimate of drug-likeness (QED) is 0.468. The minimum Gasteiger partial charge on any atom is -0.396 e. The predicted molar refractivity (Wildman–Crippen MR) is 17.4 cm³/mol. The number of aliphatic hydroxyl groups is 1. The van der Waals surface area contributed by atoms with Crippen molar-refractivity contribution in [2.45, 2.75) is 13.3 Å². The van der Waals surface area contributed by atoms with Gasteiger partial charge in [-0.05, 0) is 6.37 Å². The summed E-state index contributed by atoms with van der Waals surface area (Å²) in [6, 6.07) is 0. The summed E-state index contributed by atoms with van der Waals surface area (Å²) in [5.74, 6) is 0. The van der Waals surface area contributed by atoms with E-state index < -0.39 is 19.8 Å². The third-order valence-electron chi connectivity index (χ3n) is 0.0791. The van der Waals surface area contributed by atoms with Crippen molar-refractivity contribution < 1.29 is 12.0 Å². The molecule has 0 unspecified atom stereocenters. The van der Waals surface area contributed by atoms with Crippen molar-refractivity contribution in [1.82, 2.24) is 0 Å². The molecule has 0 saturated carbocycles. The van der Waals surface area contributed by atoms with E-state index in [2.05, 4.69) is 0 Å². The summed E-state index contributed by atoms with van der Waals surface area (Å²) in [6.07, 6.45) is -2.47. The lowest BCUT2D eigenvalue weighted by Gasteiger charge is -1.69. The minimum atomic E-state index is -2.91. The van der Waals surface area contributed by atoms with Gasteiger partial charge in [-0.25, -0.2) is 0 Å². The third kappa shape index (κ3) is 1.96. The summed E-state index contributed by atoms with van der Waals surface area (Å²) in [6.45, 7) is -3.69. The molecule has 0 aliphatic rings. The minimum absolute atomic E-state index is 0.781. The molecule has 0 aromatic carbocycles. The van der Waals surface area contributed by atoms with E-state index >= 15 is 0 Å². The largest absolute Gasteiger partial charge is 0.396 e. The standard InChI is InChI=1S/C3H8O/c1-2-3-4/h4H,2-3H2,1H3/i1D,2D2,3D2. The maximum absolute atomic E-state index is 8.38. The highest BCUT2D eigenvalue weighted by atomic mass is 16.2. The Labute approximate surface area is 33.3 Å². The lowest BCUT2D eigenvalue weighted by atomic mass is 10.5. The van der Waals surface area contributed by atoms with Crippen molar-refractivity contribution in [1.29, 1.82) is 0 Å². The van der Waals surface area contributed by atoms with Crippen molar-refractivity contribution in [3.63, 3.8) is 0 Å². The molecule has 0 amide bonds. The van der Waals surface area contributed by atoms with Gasteiger partial charge in [0.2, 0.25) is 0 Å². The van der Waals surface area contributed by atoms with Gasteiger partial charge < -0.3 is 5.11 Å². The first-order valence-corrected chi connectivity index (χ1v) is 0.827. The van der Waals surface area contributed by atoms with Gasteiger partial charge >= 0.3 is 0 Å². The molecule has 0 aliphatic carbocycles. The fraction of sp³-hybridized carbons (Fsp3) is 1.00. The summed E-state index contributed by atoms with van der Waals surface area (Å²) >= 11 is 0. The molecule has 0 aliphatic heterocycles. The molecule has 0 heterocycles. The van der Waals surface area contributed by atoms with Crippen molar-refractivity contribution in [2.24, 2.45) is 0 Å². The zero-order valence-electron chi connectivity index (χ0n) is 7.15. The van der Waals surface area contributed by atoms with Crippen LogP contribution in [0.5, 0.6) is 0 Å². The lowest BCUT2D eigenvalue weighted by molar-refractivity contribution is 0.295. The summed E-state index contributed by atoms with van der Waals surface area (Å²) in [5, 5.41) is 8.38. The molecule has 1 N–H and O–H groups in total. The maximum Gasteiger partial charge on any atom is 0.0564 e. The van der Waals surface area contributed by atoms with Crippen LogP contribution in [0.4, 0.5) is 0 Å². The van der Waals surface area contributed by atoms with Crippen LogP contribution in [-0.4, -0.2) is 11.7 Å².